The summed E-state index contributed by atoms with van der Waals surface area (Å²) in [6, 6.07) is 76.5. The molecule has 11 rings (SSSR count). The zero-order chi connectivity index (χ0) is 37.1. The lowest BCUT2D eigenvalue weighted by Gasteiger charge is -2.39. The molecule has 1 aromatic heterocycles. The Bertz CT molecular complexity index is 3010. The number of hydrogen-bond donors (Lipinski definition) is 0. The normalized spacial score (nSPS) is 12.9. The van der Waals surface area contributed by atoms with Gasteiger partial charge in [-0.3, -0.25) is 0 Å². The molecule has 0 radical (unpaired) electrons. The molecule has 264 valence electrons. The Morgan fingerprint density at radius 1 is 0.375 bits per heavy atom. The molecule has 0 saturated heterocycles. The number of fused-ring (bicyclic) bond motifs is 6. The number of para-hydroxylation sites is 3. The quantitative estimate of drug-likeness (QED) is 0.159. The molecule has 0 atom stereocenters. The summed E-state index contributed by atoms with van der Waals surface area (Å²) in [6.45, 7) is 0. The fourth-order valence-corrected chi connectivity index (χ4v) is 13.8. The third-order valence-electron chi connectivity index (χ3n) is 11.4. The first-order valence-electron chi connectivity index (χ1n) is 19.1. The van der Waals surface area contributed by atoms with Crippen LogP contribution in [0.5, 0.6) is 11.5 Å². The van der Waals surface area contributed by atoms with Gasteiger partial charge in [-0.15, -0.1) is 0 Å². The highest BCUT2D eigenvalue weighted by Gasteiger charge is 2.47. The van der Waals surface area contributed by atoms with E-state index < -0.39 is 8.07 Å². The lowest BCUT2D eigenvalue weighted by atomic mass is 10.0. The highest BCUT2D eigenvalue weighted by atomic mass is 28.3. The molecule has 0 fully saturated rings. The third-order valence-corrected chi connectivity index (χ3v) is 16.3. The van der Waals surface area contributed by atoms with E-state index in [2.05, 4.69) is 205 Å². The fourth-order valence-electron chi connectivity index (χ4n) is 8.87. The molecule has 0 bridgehead atoms. The molecule has 0 unspecified atom stereocenters. The molecule has 0 aliphatic carbocycles. The number of anilines is 3. The Labute approximate surface area is 326 Å². The van der Waals surface area contributed by atoms with E-state index in [0.29, 0.717) is 0 Å². The molecule has 2 heterocycles. The van der Waals surface area contributed by atoms with Gasteiger partial charge >= 0.3 is 0 Å². The van der Waals surface area contributed by atoms with Crippen LogP contribution in [0.4, 0.5) is 17.1 Å². The first kappa shape index (κ1) is 32.3. The molecule has 56 heavy (non-hydrogen) atoms. The van der Waals surface area contributed by atoms with Crippen LogP contribution in [0.3, 0.4) is 0 Å². The largest absolute Gasteiger partial charge is 0.458 e. The summed E-state index contributed by atoms with van der Waals surface area (Å²) in [6.07, 6.45) is 0. The summed E-state index contributed by atoms with van der Waals surface area (Å²) in [5, 5.41) is 9.84. The van der Waals surface area contributed by atoms with E-state index in [1.807, 2.05) is 12.1 Å². The zero-order valence-corrected chi connectivity index (χ0v) is 31.5. The van der Waals surface area contributed by atoms with Crippen molar-refractivity contribution in [2.45, 2.75) is 0 Å². The number of benzene rings is 9. The molecule has 0 N–H and O–H groups in total. The standard InChI is InChI=1S/C52H35NO2Si/c1-2-15-41(16-3-1)56(51-23-10-8-21-49(51)55-50-22-9-11-24-52(50)56)42-32-27-37(28-33-42)36-25-29-39(30-26-36)53(46-19-12-14-38-13-4-5-17-43(38)46)40-31-34-48-45(35-40)44-18-6-7-20-47(44)54-48/h1-35H. The van der Waals surface area contributed by atoms with Crippen molar-refractivity contribution in [2.24, 2.45) is 0 Å². The Morgan fingerprint density at radius 3 is 1.68 bits per heavy atom. The van der Waals surface area contributed by atoms with Crippen molar-refractivity contribution in [1.29, 1.82) is 0 Å². The molecule has 0 amide bonds. The molecule has 9 aromatic carbocycles. The van der Waals surface area contributed by atoms with Gasteiger partial charge in [-0.05, 0) is 91.9 Å². The topological polar surface area (TPSA) is 25.6 Å². The number of rotatable bonds is 6. The van der Waals surface area contributed by atoms with Crippen molar-refractivity contribution in [3.63, 3.8) is 0 Å². The maximum atomic E-state index is 6.55. The van der Waals surface area contributed by atoms with E-state index in [4.69, 9.17) is 9.15 Å². The van der Waals surface area contributed by atoms with E-state index in [0.717, 1.165) is 56.1 Å². The van der Waals surface area contributed by atoms with Gasteiger partial charge in [0.05, 0.1) is 5.69 Å². The summed E-state index contributed by atoms with van der Waals surface area (Å²) in [7, 11) is -2.69. The van der Waals surface area contributed by atoms with Crippen molar-refractivity contribution in [2.75, 3.05) is 4.90 Å². The van der Waals surface area contributed by atoms with Crippen LogP contribution in [0.2, 0.25) is 0 Å². The van der Waals surface area contributed by atoms with Gasteiger partial charge in [0, 0.05) is 27.5 Å². The molecule has 4 heteroatoms. The van der Waals surface area contributed by atoms with Gasteiger partial charge in [0.1, 0.15) is 22.7 Å². The van der Waals surface area contributed by atoms with Gasteiger partial charge in [0.15, 0.2) is 8.07 Å². The Hall–Kier alpha value is -7.14. The van der Waals surface area contributed by atoms with E-state index in [9.17, 15) is 0 Å². The van der Waals surface area contributed by atoms with Gasteiger partial charge in [0.2, 0.25) is 0 Å². The van der Waals surface area contributed by atoms with Gasteiger partial charge in [-0.2, -0.15) is 0 Å². The highest BCUT2D eigenvalue weighted by Crippen LogP contribution is 2.42. The van der Waals surface area contributed by atoms with Gasteiger partial charge in [0.25, 0.3) is 0 Å². The fraction of sp³-hybridized carbons (Fsp3) is 0. The minimum Gasteiger partial charge on any atom is -0.458 e. The van der Waals surface area contributed by atoms with E-state index in [1.54, 1.807) is 0 Å². The minimum absolute atomic E-state index is 0.886. The third kappa shape index (κ3) is 5.04. The molecule has 0 saturated carbocycles. The van der Waals surface area contributed by atoms with Crippen molar-refractivity contribution >= 4 is 78.6 Å². The second-order valence-electron chi connectivity index (χ2n) is 14.4. The average Bonchev–Trinajstić information content (AvgIpc) is 3.64. The zero-order valence-electron chi connectivity index (χ0n) is 30.5. The molecule has 1 aliphatic rings. The van der Waals surface area contributed by atoms with Gasteiger partial charge in [-0.25, -0.2) is 0 Å². The monoisotopic (exact) mass is 733 g/mol. The lowest BCUT2D eigenvalue weighted by molar-refractivity contribution is 0.487. The van der Waals surface area contributed by atoms with Gasteiger partial charge in [-0.1, -0.05) is 158 Å². The Balaban J connectivity index is 1.02. The predicted molar refractivity (Wildman–Crippen MR) is 235 cm³/mol. The smallest absolute Gasteiger partial charge is 0.188 e. The minimum atomic E-state index is -2.69. The maximum Gasteiger partial charge on any atom is 0.188 e. The maximum absolute atomic E-state index is 6.55. The van der Waals surface area contributed by atoms with Crippen LogP contribution in [0.1, 0.15) is 0 Å². The van der Waals surface area contributed by atoms with Crippen molar-refractivity contribution in [3.05, 3.63) is 212 Å². The molecule has 0 spiro atoms. The molecular formula is C52H35NO2Si. The Morgan fingerprint density at radius 2 is 0.929 bits per heavy atom. The summed E-state index contributed by atoms with van der Waals surface area (Å²) in [5.74, 6) is 1.88. The number of hydrogen-bond acceptors (Lipinski definition) is 3. The molecular weight excluding hydrogens is 699 g/mol. The molecule has 10 aromatic rings. The van der Waals surface area contributed by atoms with Crippen molar-refractivity contribution < 1.29 is 9.15 Å². The van der Waals surface area contributed by atoms with Crippen molar-refractivity contribution in [3.8, 4) is 22.6 Å². The SMILES string of the molecule is c1ccc([Si]2(c3ccc(-c4ccc(N(c5ccc6oc7ccccc7c6c5)c5cccc6ccccc56)cc4)cc3)c3ccccc3Oc3ccccc32)cc1. The number of ether oxygens (including phenoxy) is 1. The summed E-state index contributed by atoms with van der Waals surface area (Å²) in [5.41, 5.74) is 7.41. The van der Waals surface area contributed by atoms with Crippen LogP contribution >= 0.6 is 0 Å². The number of furan rings is 1. The van der Waals surface area contributed by atoms with Crippen molar-refractivity contribution in [1.82, 2.24) is 0 Å². The second-order valence-corrected chi connectivity index (χ2v) is 18.2. The van der Waals surface area contributed by atoms with E-state index >= 15 is 0 Å². The van der Waals surface area contributed by atoms with Gasteiger partial charge < -0.3 is 14.1 Å². The van der Waals surface area contributed by atoms with Crippen LogP contribution in [0, 0.1) is 0 Å². The average molecular weight is 734 g/mol. The predicted octanol–water partition coefficient (Wildman–Crippen LogP) is 11.4. The molecule has 3 nitrogen and oxygen atoms in total. The first-order chi connectivity index (χ1) is 27.8. The van der Waals surface area contributed by atoms with E-state index in [-0.39, 0.29) is 0 Å². The first-order valence-corrected chi connectivity index (χ1v) is 21.1. The Kier molecular flexibility index (Phi) is 7.51. The highest BCUT2D eigenvalue weighted by molar-refractivity contribution is 7.20. The van der Waals surface area contributed by atoms with Crippen LogP contribution in [0.15, 0.2) is 217 Å². The number of nitrogens with zero attached hydrogens (tertiary/aromatic N) is 1. The van der Waals surface area contributed by atoms with Crippen LogP contribution < -0.4 is 30.4 Å². The van der Waals surface area contributed by atoms with Crippen LogP contribution in [-0.2, 0) is 0 Å². The summed E-state index contributed by atoms with van der Waals surface area (Å²) >= 11 is 0. The van der Waals surface area contributed by atoms with Crippen LogP contribution in [-0.4, -0.2) is 8.07 Å². The second kappa shape index (κ2) is 13.0. The molecule has 1 aliphatic heterocycles. The summed E-state index contributed by atoms with van der Waals surface area (Å²) < 4.78 is 12.8. The summed E-state index contributed by atoms with van der Waals surface area (Å²) in [4.78, 5) is 2.37. The lowest BCUT2D eigenvalue weighted by Crippen LogP contribution is -2.76. The van der Waals surface area contributed by atoms with E-state index in [1.165, 1.54) is 37.1 Å². The van der Waals surface area contributed by atoms with Crippen LogP contribution in [0.25, 0.3) is 43.8 Å².